The molecule has 17 heavy (non-hydrogen) atoms. The summed E-state index contributed by atoms with van der Waals surface area (Å²) >= 11 is 0. The van der Waals surface area contributed by atoms with Gasteiger partial charge >= 0.3 is 0 Å². The molecule has 0 aliphatic heterocycles. The molecule has 5 heteroatoms. The summed E-state index contributed by atoms with van der Waals surface area (Å²) in [5.41, 5.74) is 0.677. The van der Waals surface area contributed by atoms with Gasteiger partial charge in [0, 0.05) is 13.2 Å². The number of aliphatic hydroxyl groups excluding tert-OH is 1. The third-order valence-electron chi connectivity index (χ3n) is 2.85. The van der Waals surface area contributed by atoms with E-state index in [0.717, 1.165) is 6.42 Å². The van der Waals surface area contributed by atoms with E-state index in [1.807, 2.05) is 20.8 Å². The highest BCUT2D eigenvalue weighted by Gasteiger charge is 2.27. The summed E-state index contributed by atoms with van der Waals surface area (Å²) in [5.74, 6) is 0.599. The largest absolute Gasteiger partial charge is 0.493 e. The number of aromatic nitrogens is 2. The molecule has 1 rings (SSSR count). The quantitative estimate of drug-likeness (QED) is 0.828. The van der Waals surface area contributed by atoms with Gasteiger partial charge in [-0.15, -0.1) is 0 Å². The second-order valence-electron chi connectivity index (χ2n) is 4.26. The second-order valence-corrected chi connectivity index (χ2v) is 4.26. The van der Waals surface area contributed by atoms with Crippen molar-refractivity contribution < 1.29 is 14.6 Å². The minimum absolute atomic E-state index is 0.165. The number of hydrogen-bond acceptors (Lipinski definition) is 4. The predicted octanol–water partition coefficient (Wildman–Crippen LogP) is 1.93. The van der Waals surface area contributed by atoms with Crippen LogP contribution in [-0.2, 0) is 4.74 Å². The lowest BCUT2D eigenvalue weighted by Crippen LogP contribution is -2.24. The SMILES string of the molecule is CCC(OC)C(O)c1c(OC)cnn1C(C)C. The number of hydrogen-bond donors (Lipinski definition) is 1. The van der Waals surface area contributed by atoms with Crippen molar-refractivity contribution in [2.45, 2.75) is 45.4 Å². The van der Waals surface area contributed by atoms with Gasteiger partial charge in [0.25, 0.3) is 0 Å². The average molecular weight is 242 g/mol. The van der Waals surface area contributed by atoms with Crippen molar-refractivity contribution in [1.82, 2.24) is 9.78 Å². The highest BCUT2D eigenvalue weighted by Crippen LogP contribution is 2.31. The molecular formula is C12H22N2O3. The van der Waals surface area contributed by atoms with Crippen molar-refractivity contribution in [3.8, 4) is 5.75 Å². The zero-order valence-electron chi connectivity index (χ0n) is 11.2. The zero-order valence-corrected chi connectivity index (χ0v) is 11.2. The van der Waals surface area contributed by atoms with Gasteiger partial charge < -0.3 is 14.6 Å². The number of nitrogens with zero attached hydrogens (tertiary/aromatic N) is 2. The van der Waals surface area contributed by atoms with E-state index in [1.54, 1.807) is 25.1 Å². The molecule has 0 aliphatic rings. The first-order valence-electron chi connectivity index (χ1n) is 5.89. The lowest BCUT2D eigenvalue weighted by Gasteiger charge is -2.23. The maximum absolute atomic E-state index is 10.3. The molecular weight excluding hydrogens is 220 g/mol. The van der Waals surface area contributed by atoms with E-state index in [9.17, 15) is 5.11 Å². The van der Waals surface area contributed by atoms with Gasteiger partial charge in [-0.25, -0.2) is 0 Å². The van der Waals surface area contributed by atoms with E-state index >= 15 is 0 Å². The van der Waals surface area contributed by atoms with Gasteiger partial charge in [-0.05, 0) is 20.3 Å². The topological polar surface area (TPSA) is 56.5 Å². The minimum Gasteiger partial charge on any atom is -0.493 e. The van der Waals surface area contributed by atoms with E-state index in [4.69, 9.17) is 9.47 Å². The summed E-state index contributed by atoms with van der Waals surface area (Å²) in [7, 11) is 3.17. The van der Waals surface area contributed by atoms with Crippen LogP contribution in [0.1, 0.15) is 45.0 Å². The Hall–Kier alpha value is -1.07. The smallest absolute Gasteiger partial charge is 0.162 e. The van der Waals surface area contributed by atoms with Crippen LogP contribution in [0.25, 0.3) is 0 Å². The third kappa shape index (κ3) is 2.79. The average Bonchev–Trinajstić information content (AvgIpc) is 2.73. The fourth-order valence-corrected chi connectivity index (χ4v) is 1.90. The molecule has 0 fully saturated rings. The number of ether oxygens (including phenoxy) is 2. The van der Waals surface area contributed by atoms with Gasteiger partial charge in [-0.3, -0.25) is 4.68 Å². The molecule has 0 aromatic carbocycles. The van der Waals surface area contributed by atoms with Crippen LogP contribution in [-0.4, -0.2) is 35.2 Å². The van der Waals surface area contributed by atoms with E-state index in [1.165, 1.54) is 0 Å². The maximum atomic E-state index is 10.3. The van der Waals surface area contributed by atoms with Gasteiger partial charge in [0.1, 0.15) is 11.8 Å². The summed E-state index contributed by atoms with van der Waals surface area (Å²) in [5, 5.41) is 14.6. The molecule has 2 unspecified atom stereocenters. The summed E-state index contributed by atoms with van der Waals surface area (Å²) in [6.45, 7) is 5.99. The highest BCUT2D eigenvalue weighted by atomic mass is 16.5. The Morgan fingerprint density at radius 2 is 2.06 bits per heavy atom. The molecule has 0 saturated heterocycles. The van der Waals surface area contributed by atoms with Gasteiger partial charge in [0.15, 0.2) is 5.75 Å². The molecule has 1 aromatic rings. The molecule has 5 nitrogen and oxygen atoms in total. The van der Waals surface area contributed by atoms with Crippen LogP contribution in [0.2, 0.25) is 0 Å². The first-order valence-corrected chi connectivity index (χ1v) is 5.89. The molecule has 0 bridgehead atoms. The molecule has 0 amide bonds. The second kappa shape index (κ2) is 6.02. The molecule has 2 atom stereocenters. The Morgan fingerprint density at radius 1 is 1.41 bits per heavy atom. The fraction of sp³-hybridized carbons (Fsp3) is 0.750. The molecule has 1 aromatic heterocycles. The molecule has 98 valence electrons. The Morgan fingerprint density at radius 3 is 2.47 bits per heavy atom. The van der Waals surface area contributed by atoms with Crippen molar-refractivity contribution in [3.63, 3.8) is 0 Å². The molecule has 1 N–H and O–H groups in total. The summed E-state index contributed by atoms with van der Waals surface area (Å²) in [6.07, 6.45) is 1.37. The van der Waals surface area contributed by atoms with Crippen LogP contribution in [0.5, 0.6) is 5.75 Å². The van der Waals surface area contributed by atoms with Crippen LogP contribution in [0, 0.1) is 0 Å². The minimum atomic E-state index is -0.732. The lowest BCUT2D eigenvalue weighted by molar-refractivity contribution is -0.0205. The van der Waals surface area contributed by atoms with E-state index in [0.29, 0.717) is 11.4 Å². The van der Waals surface area contributed by atoms with Crippen molar-refractivity contribution >= 4 is 0 Å². The normalized spacial score (nSPS) is 15.0. The van der Waals surface area contributed by atoms with Crippen LogP contribution in [0.15, 0.2) is 6.20 Å². The number of methoxy groups -OCH3 is 2. The maximum Gasteiger partial charge on any atom is 0.162 e. The van der Waals surface area contributed by atoms with Crippen LogP contribution in [0.4, 0.5) is 0 Å². The first kappa shape index (κ1) is 14.0. The zero-order chi connectivity index (χ0) is 13.0. The first-order chi connectivity index (χ1) is 8.06. The Labute approximate surface area is 102 Å². The predicted molar refractivity (Wildman–Crippen MR) is 65.2 cm³/mol. The van der Waals surface area contributed by atoms with Crippen molar-refractivity contribution in [2.24, 2.45) is 0 Å². The van der Waals surface area contributed by atoms with Crippen molar-refractivity contribution in [2.75, 3.05) is 14.2 Å². The van der Waals surface area contributed by atoms with Crippen LogP contribution in [0.3, 0.4) is 0 Å². The monoisotopic (exact) mass is 242 g/mol. The van der Waals surface area contributed by atoms with Crippen LogP contribution >= 0.6 is 0 Å². The number of aliphatic hydroxyl groups is 1. The fourth-order valence-electron chi connectivity index (χ4n) is 1.90. The molecule has 0 spiro atoms. The van der Waals surface area contributed by atoms with Crippen molar-refractivity contribution in [1.29, 1.82) is 0 Å². The van der Waals surface area contributed by atoms with E-state index in [-0.39, 0.29) is 12.1 Å². The molecule has 0 radical (unpaired) electrons. The standard InChI is InChI=1S/C12H22N2O3/c1-6-9(16-4)12(15)11-10(17-5)7-13-14(11)8(2)3/h7-9,12,15H,6H2,1-5H3. The van der Waals surface area contributed by atoms with E-state index in [2.05, 4.69) is 5.10 Å². The lowest BCUT2D eigenvalue weighted by atomic mass is 10.1. The summed E-state index contributed by atoms with van der Waals surface area (Å²) in [4.78, 5) is 0. The molecule has 1 heterocycles. The Bertz CT molecular complexity index is 346. The van der Waals surface area contributed by atoms with E-state index < -0.39 is 6.10 Å². The number of rotatable bonds is 6. The third-order valence-corrected chi connectivity index (χ3v) is 2.85. The highest BCUT2D eigenvalue weighted by molar-refractivity contribution is 5.28. The Kier molecular flexibility index (Phi) is 4.96. The summed E-state index contributed by atoms with van der Waals surface area (Å²) in [6, 6.07) is 0.165. The Balaban J connectivity index is 3.12. The van der Waals surface area contributed by atoms with Gasteiger partial charge in [-0.2, -0.15) is 5.10 Å². The summed E-state index contributed by atoms with van der Waals surface area (Å²) < 4.78 is 12.3. The van der Waals surface area contributed by atoms with Gasteiger partial charge in [-0.1, -0.05) is 6.92 Å². The van der Waals surface area contributed by atoms with Crippen molar-refractivity contribution in [3.05, 3.63) is 11.9 Å². The molecule has 0 aliphatic carbocycles. The van der Waals surface area contributed by atoms with Gasteiger partial charge in [0.05, 0.1) is 19.4 Å². The van der Waals surface area contributed by atoms with Crippen LogP contribution < -0.4 is 4.74 Å². The molecule has 0 saturated carbocycles. The van der Waals surface area contributed by atoms with Gasteiger partial charge in [0.2, 0.25) is 0 Å².